The number of carbonyl (C=O) groups excluding carboxylic acids is 1. The molecule has 130 valence electrons. The van der Waals surface area contributed by atoms with Crippen LogP contribution in [0, 0.1) is 5.92 Å². The normalized spacial score (nSPS) is 26.4. The number of dihydropyridines is 1. The Balaban J connectivity index is 1.65. The highest BCUT2D eigenvalue weighted by Gasteiger charge is 2.60. The van der Waals surface area contributed by atoms with Gasteiger partial charge in [0, 0.05) is 24.1 Å². The van der Waals surface area contributed by atoms with Crippen molar-refractivity contribution in [2.24, 2.45) is 10.9 Å². The number of hydrogen-bond acceptors (Lipinski definition) is 4. The second kappa shape index (κ2) is 5.19. The Morgan fingerprint density at radius 1 is 1.32 bits per heavy atom. The maximum absolute atomic E-state index is 13.1. The minimum absolute atomic E-state index is 0.0220. The monoisotopic (exact) mass is 338 g/mol. The average Bonchev–Trinajstić information content (AvgIpc) is 3.51. The number of allylic oxidation sites excluding steroid dienone is 1. The van der Waals surface area contributed by atoms with E-state index >= 15 is 0 Å². The SMILES string of the molecule is CCCC[N+]1=C2C=C(C)C=NC2n2c(nnc2C2(C3CC3)CC2)C1=O. The summed E-state index contributed by atoms with van der Waals surface area (Å²) in [6, 6.07) is 0. The zero-order valence-electron chi connectivity index (χ0n) is 14.9. The third-order valence-corrected chi connectivity index (χ3v) is 6.08. The van der Waals surface area contributed by atoms with E-state index in [-0.39, 0.29) is 17.5 Å². The lowest BCUT2D eigenvalue weighted by Gasteiger charge is -2.25. The Labute approximate surface area is 147 Å². The van der Waals surface area contributed by atoms with Crippen molar-refractivity contribution in [2.45, 2.75) is 64.0 Å². The second-order valence-electron chi connectivity index (χ2n) is 7.92. The molecule has 1 amide bonds. The number of hydrogen-bond donors (Lipinski definition) is 0. The van der Waals surface area contributed by atoms with Crippen LogP contribution in [-0.2, 0) is 5.41 Å². The number of unbranched alkanes of at least 4 members (excludes halogenated alkanes) is 1. The van der Waals surface area contributed by atoms with Crippen molar-refractivity contribution in [1.29, 1.82) is 0 Å². The van der Waals surface area contributed by atoms with E-state index in [9.17, 15) is 4.79 Å². The van der Waals surface area contributed by atoms with Crippen LogP contribution in [0.5, 0.6) is 0 Å². The van der Waals surface area contributed by atoms with Crippen molar-refractivity contribution in [3.8, 4) is 0 Å². The lowest BCUT2D eigenvalue weighted by atomic mass is 9.98. The number of rotatable bonds is 5. The lowest BCUT2D eigenvalue weighted by molar-refractivity contribution is -0.434. The largest absolute Gasteiger partial charge is 0.457 e. The molecule has 1 aromatic heterocycles. The van der Waals surface area contributed by atoms with E-state index in [0.717, 1.165) is 42.4 Å². The molecule has 1 aromatic rings. The van der Waals surface area contributed by atoms with Crippen molar-refractivity contribution in [2.75, 3.05) is 6.54 Å². The standard InChI is InChI=1S/C19H24N5O/c1-3-4-9-23-14-10-12(2)11-20-15(14)24-16(17(23)25)21-22-18(24)19(7-8-19)13-5-6-13/h10-11,13,15H,3-9H2,1-2H3/q+1. The van der Waals surface area contributed by atoms with Crippen LogP contribution < -0.4 is 0 Å². The van der Waals surface area contributed by atoms with Crippen LogP contribution in [0.15, 0.2) is 16.6 Å². The molecule has 0 N–H and O–H groups in total. The number of aromatic nitrogens is 3. The van der Waals surface area contributed by atoms with Gasteiger partial charge in [0.25, 0.3) is 5.82 Å². The van der Waals surface area contributed by atoms with Gasteiger partial charge in [-0.1, -0.05) is 13.3 Å². The van der Waals surface area contributed by atoms with Crippen LogP contribution in [0.25, 0.3) is 0 Å². The van der Waals surface area contributed by atoms with Gasteiger partial charge in [-0.2, -0.15) is 4.58 Å². The summed E-state index contributed by atoms with van der Waals surface area (Å²) >= 11 is 0. The highest BCUT2D eigenvalue weighted by Crippen LogP contribution is 2.62. The van der Waals surface area contributed by atoms with E-state index in [2.05, 4.69) is 23.2 Å². The molecule has 0 saturated heterocycles. The van der Waals surface area contributed by atoms with Crippen LogP contribution >= 0.6 is 0 Å². The van der Waals surface area contributed by atoms with Gasteiger partial charge >= 0.3 is 5.91 Å². The molecule has 0 bridgehead atoms. The summed E-state index contributed by atoms with van der Waals surface area (Å²) in [4.78, 5) is 17.9. The summed E-state index contributed by atoms with van der Waals surface area (Å²) in [7, 11) is 0. The molecule has 0 spiro atoms. The molecule has 1 atom stereocenters. The minimum Gasteiger partial charge on any atom is -0.269 e. The number of aliphatic imine (C=N–C) groups is 1. The molecule has 6 nitrogen and oxygen atoms in total. The summed E-state index contributed by atoms with van der Waals surface area (Å²) in [6.45, 7) is 4.89. The first-order valence-electron chi connectivity index (χ1n) is 9.51. The fraction of sp³-hybridized carbons (Fsp3) is 0.632. The summed E-state index contributed by atoms with van der Waals surface area (Å²) < 4.78 is 3.92. The highest BCUT2D eigenvalue weighted by atomic mass is 16.2. The molecule has 5 rings (SSSR count). The molecular formula is C19H24N5O+. The first-order chi connectivity index (χ1) is 12.2. The lowest BCUT2D eigenvalue weighted by Crippen LogP contribution is -2.42. The molecule has 1 unspecified atom stereocenters. The number of amides is 1. The third kappa shape index (κ3) is 2.12. The molecule has 2 fully saturated rings. The Hall–Kier alpha value is -2.11. The Kier molecular flexibility index (Phi) is 3.15. The van der Waals surface area contributed by atoms with Crippen molar-refractivity contribution in [1.82, 2.24) is 14.8 Å². The Morgan fingerprint density at radius 3 is 2.80 bits per heavy atom. The van der Waals surface area contributed by atoms with Gasteiger partial charge in [-0.15, -0.1) is 10.2 Å². The van der Waals surface area contributed by atoms with Gasteiger partial charge in [-0.05, 0) is 44.1 Å². The van der Waals surface area contributed by atoms with E-state index in [1.807, 2.05) is 22.3 Å². The minimum atomic E-state index is -0.186. The maximum atomic E-state index is 13.1. The smallest absolute Gasteiger partial charge is 0.269 e. The maximum Gasteiger partial charge on any atom is 0.457 e. The van der Waals surface area contributed by atoms with Crippen molar-refractivity contribution < 1.29 is 9.37 Å². The summed E-state index contributed by atoms with van der Waals surface area (Å²) in [5, 5.41) is 8.86. The predicted octanol–water partition coefficient (Wildman–Crippen LogP) is 2.66. The highest BCUT2D eigenvalue weighted by molar-refractivity contribution is 6.07. The molecule has 4 aliphatic rings. The van der Waals surface area contributed by atoms with Crippen LogP contribution in [-0.4, -0.2) is 43.7 Å². The zero-order chi connectivity index (χ0) is 17.2. The van der Waals surface area contributed by atoms with Crippen LogP contribution in [0.4, 0.5) is 0 Å². The Morgan fingerprint density at radius 2 is 2.12 bits per heavy atom. The van der Waals surface area contributed by atoms with E-state index in [0.29, 0.717) is 5.82 Å². The van der Waals surface area contributed by atoms with E-state index in [1.165, 1.54) is 25.7 Å². The fourth-order valence-electron chi connectivity index (χ4n) is 4.40. The van der Waals surface area contributed by atoms with Gasteiger partial charge in [0.05, 0.1) is 0 Å². The summed E-state index contributed by atoms with van der Waals surface area (Å²) in [5.74, 6) is 2.17. The quantitative estimate of drug-likeness (QED) is 0.775. The molecule has 2 aliphatic carbocycles. The van der Waals surface area contributed by atoms with Gasteiger partial charge in [-0.3, -0.25) is 9.56 Å². The first-order valence-corrected chi connectivity index (χ1v) is 9.51. The zero-order valence-corrected chi connectivity index (χ0v) is 14.9. The fourth-order valence-corrected chi connectivity index (χ4v) is 4.40. The first kappa shape index (κ1) is 15.2. The molecule has 25 heavy (non-hydrogen) atoms. The second-order valence-corrected chi connectivity index (χ2v) is 7.92. The van der Waals surface area contributed by atoms with Crippen LogP contribution in [0.2, 0.25) is 0 Å². The molecule has 2 aliphatic heterocycles. The van der Waals surface area contributed by atoms with E-state index < -0.39 is 0 Å². The third-order valence-electron chi connectivity index (χ3n) is 6.08. The van der Waals surface area contributed by atoms with Gasteiger partial charge in [0.15, 0.2) is 6.54 Å². The number of fused-ring (bicyclic) bond motifs is 3. The van der Waals surface area contributed by atoms with Crippen molar-refractivity contribution >= 4 is 17.8 Å². The number of nitrogens with zero attached hydrogens (tertiary/aromatic N) is 5. The van der Waals surface area contributed by atoms with E-state index in [4.69, 9.17) is 4.99 Å². The summed E-state index contributed by atoms with van der Waals surface area (Å²) in [6.07, 6.45) is 10.8. The van der Waals surface area contributed by atoms with Crippen molar-refractivity contribution in [3.05, 3.63) is 23.3 Å². The van der Waals surface area contributed by atoms with Crippen LogP contribution in [0.1, 0.15) is 75.0 Å². The molecule has 0 radical (unpaired) electrons. The predicted molar refractivity (Wildman–Crippen MR) is 94.3 cm³/mol. The molecule has 2 saturated carbocycles. The van der Waals surface area contributed by atoms with Gasteiger partial charge in [-0.25, -0.2) is 4.79 Å². The Bertz CT molecular complexity index is 851. The number of carbonyl (C=O) groups is 1. The molecule has 3 heterocycles. The molecule has 6 heteroatoms. The average molecular weight is 338 g/mol. The van der Waals surface area contributed by atoms with Crippen molar-refractivity contribution in [3.63, 3.8) is 0 Å². The van der Waals surface area contributed by atoms with Gasteiger partial charge in [0.1, 0.15) is 5.82 Å². The molecular weight excluding hydrogens is 314 g/mol. The summed E-state index contributed by atoms with van der Waals surface area (Å²) in [5.41, 5.74) is 2.23. The van der Waals surface area contributed by atoms with E-state index in [1.54, 1.807) is 0 Å². The van der Waals surface area contributed by atoms with Gasteiger partial charge in [0.2, 0.25) is 11.9 Å². The molecule has 0 aromatic carbocycles. The van der Waals surface area contributed by atoms with Gasteiger partial charge < -0.3 is 0 Å². The topological polar surface area (TPSA) is 63.1 Å². The van der Waals surface area contributed by atoms with Crippen LogP contribution in [0.3, 0.4) is 0 Å².